The summed E-state index contributed by atoms with van der Waals surface area (Å²) >= 11 is 1.74. The van der Waals surface area contributed by atoms with E-state index in [1.54, 1.807) is 18.0 Å². The Bertz CT molecular complexity index is 661. The van der Waals surface area contributed by atoms with E-state index in [4.69, 9.17) is 0 Å². The fraction of sp³-hybridized carbons (Fsp3) is 0.143. The molecule has 0 N–H and O–H groups in total. The molecule has 0 fully saturated rings. The number of para-hydroxylation sites is 2. The van der Waals surface area contributed by atoms with Crippen molar-refractivity contribution in [3.05, 3.63) is 54.4 Å². The van der Waals surface area contributed by atoms with Gasteiger partial charge in [0.2, 0.25) is 0 Å². The second-order valence-corrected chi connectivity index (χ2v) is 5.03. The van der Waals surface area contributed by atoms with E-state index in [9.17, 15) is 0 Å². The van der Waals surface area contributed by atoms with Crippen LogP contribution in [0.15, 0.2) is 53.9 Å². The summed E-state index contributed by atoms with van der Waals surface area (Å²) in [5.41, 5.74) is 3.44. The van der Waals surface area contributed by atoms with E-state index in [0.29, 0.717) is 0 Å². The van der Waals surface area contributed by atoms with Gasteiger partial charge in [-0.05, 0) is 23.8 Å². The highest BCUT2D eigenvalue weighted by Gasteiger charge is 2.07. The lowest BCUT2D eigenvalue weighted by Crippen LogP contribution is -1.91. The summed E-state index contributed by atoms with van der Waals surface area (Å²) in [6, 6.07) is 12.2. The van der Waals surface area contributed by atoms with Gasteiger partial charge < -0.3 is 4.57 Å². The third-order valence-electron chi connectivity index (χ3n) is 2.84. The normalized spacial score (nSPS) is 10.9. The van der Waals surface area contributed by atoms with Crippen LogP contribution in [0.5, 0.6) is 0 Å². The topological polar surface area (TPSA) is 30.7 Å². The van der Waals surface area contributed by atoms with Crippen molar-refractivity contribution >= 4 is 22.8 Å². The van der Waals surface area contributed by atoms with Gasteiger partial charge in [-0.15, -0.1) is 0 Å². The molecule has 0 atom stereocenters. The lowest BCUT2D eigenvalue weighted by molar-refractivity contribution is 0.815. The summed E-state index contributed by atoms with van der Waals surface area (Å²) in [5, 5.41) is 1.04. The molecule has 0 aliphatic heterocycles. The predicted octanol–water partition coefficient (Wildman–Crippen LogP) is 3.26. The third kappa shape index (κ3) is 2.11. The highest BCUT2D eigenvalue weighted by molar-refractivity contribution is 7.98. The van der Waals surface area contributed by atoms with Crippen LogP contribution < -0.4 is 0 Å². The van der Waals surface area contributed by atoms with Crippen LogP contribution in [0.4, 0.5) is 0 Å². The van der Waals surface area contributed by atoms with Gasteiger partial charge in [-0.1, -0.05) is 30.0 Å². The first-order valence-corrected chi connectivity index (χ1v) is 6.76. The zero-order chi connectivity index (χ0) is 12.4. The van der Waals surface area contributed by atoms with Gasteiger partial charge in [0.25, 0.3) is 0 Å². The van der Waals surface area contributed by atoms with Crippen molar-refractivity contribution in [1.29, 1.82) is 0 Å². The number of aromatic nitrogens is 3. The molecular formula is C14H13N3S. The maximum absolute atomic E-state index is 4.63. The molecule has 1 aromatic carbocycles. The minimum atomic E-state index is 0.894. The Morgan fingerprint density at radius 3 is 2.83 bits per heavy atom. The molecule has 2 aromatic heterocycles. The predicted molar refractivity (Wildman–Crippen MR) is 74.5 cm³/mol. The third-order valence-corrected chi connectivity index (χ3v) is 3.94. The Labute approximate surface area is 110 Å². The first kappa shape index (κ1) is 11.3. The van der Waals surface area contributed by atoms with Crippen molar-refractivity contribution in [3.63, 3.8) is 0 Å². The van der Waals surface area contributed by atoms with Gasteiger partial charge in [-0.3, -0.25) is 4.98 Å². The Hall–Kier alpha value is -1.81. The van der Waals surface area contributed by atoms with Gasteiger partial charge in [0, 0.05) is 25.2 Å². The summed E-state index contributed by atoms with van der Waals surface area (Å²) in [7, 11) is 2.06. The van der Waals surface area contributed by atoms with E-state index in [-0.39, 0.29) is 0 Å². The summed E-state index contributed by atoms with van der Waals surface area (Å²) in [6.45, 7) is 0. The molecule has 4 heteroatoms. The zero-order valence-electron chi connectivity index (χ0n) is 10.1. The smallest absolute Gasteiger partial charge is 0.169 e. The molecule has 0 bridgehead atoms. The molecule has 3 nitrogen and oxygen atoms in total. The maximum Gasteiger partial charge on any atom is 0.169 e. The molecule has 0 aliphatic carbocycles. The highest BCUT2D eigenvalue weighted by Crippen LogP contribution is 2.25. The lowest BCUT2D eigenvalue weighted by Gasteiger charge is -2.01. The Morgan fingerprint density at radius 1 is 1.17 bits per heavy atom. The molecule has 0 amide bonds. The number of aryl methyl sites for hydroxylation is 1. The fourth-order valence-electron chi connectivity index (χ4n) is 1.88. The second kappa shape index (κ2) is 4.82. The Kier molecular flexibility index (Phi) is 3.02. The van der Waals surface area contributed by atoms with Gasteiger partial charge in [-0.2, -0.15) is 0 Å². The summed E-state index contributed by atoms with van der Waals surface area (Å²) in [6.07, 6.45) is 3.69. The van der Waals surface area contributed by atoms with Gasteiger partial charge in [0.05, 0.1) is 11.0 Å². The number of rotatable bonds is 3. The van der Waals surface area contributed by atoms with E-state index < -0.39 is 0 Å². The maximum atomic E-state index is 4.63. The molecule has 0 saturated heterocycles. The van der Waals surface area contributed by atoms with E-state index in [1.165, 1.54) is 11.1 Å². The van der Waals surface area contributed by atoms with Crippen molar-refractivity contribution in [2.75, 3.05) is 0 Å². The molecule has 0 radical (unpaired) electrons. The van der Waals surface area contributed by atoms with Crippen molar-refractivity contribution in [3.8, 4) is 0 Å². The number of imidazole rings is 1. The molecule has 18 heavy (non-hydrogen) atoms. The van der Waals surface area contributed by atoms with Gasteiger partial charge in [0.1, 0.15) is 0 Å². The number of fused-ring (bicyclic) bond motifs is 1. The van der Waals surface area contributed by atoms with Crippen molar-refractivity contribution < 1.29 is 0 Å². The number of thioether (sulfide) groups is 1. The molecule has 0 unspecified atom stereocenters. The average molecular weight is 255 g/mol. The minimum Gasteiger partial charge on any atom is -0.322 e. The van der Waals surface area contributed by atoms with Crippen LogP contribution >= 0.6 is 11.8 Å². The van der Waals surface area contributed by atoms with Crippen LogP contribution in [0.25, 0.3) is 11.0 Å². The van der Waals surface area contributed by atoms with Crippen LogP contribution in [0.1, 0.15) is 5.56 Å². The van der Waals surface area contributed by atoms with E-state index in [2.05, 4.69) is 33.7 Å². The average Bonchev–Trinajstić information content (AvgIpc) is 2.75. The van der Waals surface area contributed by atoms with E-state index >= 15 is 0 Å². The van der Waals surface area contributed by atoms with Crippen molar-refractivity contribution in [2.24, 2.45) is 7.05 Å². The zero-order valence-corrected chi connectivity index (χ0v) is 10.9. The number of hydrogen-bond acceptors (Lipinski definition) is 3. The minimum absolute atomic E-state index is 0.894. The van der Waals surface area contributed by atoms with Crippen LogP contribution in [-0.4, -0.2) is 14.5 Å². The molecule has 3 aromatic rings. The standard InChI is InChI=1S/C14H13N3S/c1-17-13-7-3-2-6-12(13)16-14(17)18-10-11-5-4-8-15-9-11/h2-9H,10H2,1H3. The molecule has 3 rings (SSSR count). The number of benzene rings is 1. The number of nitrogens with zero attached hydrogens (tertiary/aromatic N) is 3. The highest BCUT2D eigenvalue weighted by atomic mass is 32.2. The Balaban J connectivity index is 1.85. The molecule has 2 heterocycles. The number of pyridine rings is 1. The van der Waals surface area contributed by atoms with Crippen LogP contribution in [-0.2, 0) is 12.8 Å². The summed E-state index contributed by atoms with van der Waals surface area (Å²) in [4.78, 5) is 8.75. The van der Waals surface area contributed by atoms with Crippen LogP contribution in [0, 0.1) is 0 Å². The van der Waals surface area contributed by atoms with Gasteiger partial charge in [0.15, 0.2) is 5.16 Å². The molecule has 0 aliphatic rings. The first-order chi connectivity index (χ1) is 8.84. The molecule has 0 saturated carbocycles. The lowest BCUT2D eigenvalue weighted by atomic mass is 10.3. The first-order valence-electron chi connectivity index (χ1n) is 5.78. The monoisotopic (exact) mass is 255 g/mol. The van der Waals surface area contributed by atoms with Gasteiger partial charge in [-0.25, -0.2) is 4.98 Å². The van der Waals surface area contributed by atoms with Crippen molar-refractivity contribution in [1.82, 2.24) is 14.5 Å². The summed E-state index contributed by atoms with van der Waals surface area (Å²) in [5.74, 6) is 0.894. The largest absolute Gasteiger partial charge is 0.322 e. The Morgan fingerprint density at radius 2 is 2.06 bits per heavy atom. The van der Waals surface area contributed by atoms with Crippen molar-refractivity contribution in [2.45, 2.75) is 10.9 Å². The molecule has 90 valence electrons. The van der Waals surface area contributed by atoms with Crippen LogP contribution in [0.3, 0.4) is 0 Å². The SMILES string of the molecule is Cn1c(SCc2cccnc2)nc2ccccc21. The van der Waals surface area contributed by atoms with Gasteiger partial charge >= 0.3 is 0 Å². The summed E-state index contributed by atoms with van der Waals surface area (Å²) < 4.78 is 2.14. The fourth-order valence-corrected chi connectivity index (χ4v) is 2.81. The number of hydrogen-bond donors (Lipinski definition) is 0. The quantitative estimate of drug-likeness (QED) is 0.673. The van der Waals surface area contributed by atoms with E-state index in [1.807, 2.05) is 30.5 Å². The molecular weight excluding hydrogens is 242 g/mol. The second-order valence-electron chi connectivity index (χ2n) is 4.09. The molecule has 0 spiro atoms. The van der Waals surface area contributed by atoms with E-state index in [0.717, 1.165) is 16.4 Å². The van der Waals surface area contributed by atoms with Crippen LogP contribution in [0.2, 0.25) is 0 Å².